The molecule has 0 bridgehead atoms. The maximum absolute atomic E-state index is 11.8. The van der Waals surface area contributed by atoms with Gasteiger partial charge in [0, 0.05) is 23.9 Å². The van der Waals surface area contributed by atoms with Crippen molar-refractivity contribution >= 4 is 16.8 Å². The number of unbranched alkanes of at least 4 members (excludes halogenated alkanes) is 1. The molecule has 4 heteroatoms. The Morgan fingerprint density at radius 3 is 3.24 bits per heavy atom. The Morgan fingerprint density at radius 2 is 2.41 bits per heavy atom. The lowest BCUT2D eigenvalue weighted by Crippen LogP contribution is -2.24. The first-order chi connectivity index (χ1) is 8.31. The quantitative estimate of drug-likeness (QED) is 0.617. The third-order valence-corrected chi connectivity index (χ3v) is 2.49. The normalized spacial score (nSPS) is 10.1. The van der Waals surface area contributed by atoms with E-state index >= 15 is 0 Å². The van der Waals surface area contributed by atoms with Crippen molar-refractivity contribution in [3.8, 4) is 12.3 Å². The van der Waals surface area contributed by atoms with Crippen LogP contribution in [0.4, 0.5) is 0 Å². The molecule has 1 aromatic carbocycles. The minimum absolute atomic E-state index is 0.0847. The highest BCUT2D eigenvalue weighted by atomic mass is 16.1. The van der Waals surface area contributed by atoms with Gasteiger partial charge in [0.25, 0.3) is 5.91 Å². The molecule has 17 heavy (non-hydrogen) atoms. The van der Waals surface area contributed by atoms with E-state index in [1.165, 1.54) is 0 Å². The van der Waals surface area contributed by atoms with Gasteiger partial charge in [0.05, 0.1) is 11.7 Å². The van der Waals surface area contributed by atoms with Gasteiger partial charge in [0.1, 0.15) is 0 Å². The van der Waals surface area contributed by atoms with E-state index < -0.39 is 0 Å². The van der Waals surface area contributed by atoms with Crippen molar-refractivity contribution in [3.63, 3.8) is 0 Å². The minimum atomic E-state index is -0.0847. The van der Waals surface area contributed by atoms with Crippen molar-refractivity contribution in [2.45, 2.75) is 12.8 Å². The predicted molar refractivity (Wildman–Crippen MR) is 66.5 cm³/mol. The average Bonchev–Trinajstić information content (AvgIpc) is 2.81. The maximum atomic E-state index is 11.8. The molecule has 2 rings (SSSR count). The molecular weight excluding hydrogens is 214 g/mol. The topological polar surface area (TPSA) is 57.8 Å². The number of H-pyrrole nitrogens is 1. The lowest BCUT2D eigenvalue weighted by atomic mass is 10.1. The zero-order valence-corrected chi connectivity index (χ0v) is 9.36. The number of terminal acetylenes is 1. The molecule has 1 aromatic heterocycles. The van der Waals surface area contributed by atoms with Gasteiger partial charge in [-0.2, -0.15) is 5.10 Å². The van der Waals surface area contributed by atoms with Crippen molar-refractivity contribution in [1.29, 1.82) is 0 Å². The molecule has 0 saturated carbocycles. The lowest BCUT2D eigenvalue weighted by Gasteiger charge is -2.03. The number of hydrogen-bond acceptors (Lipinski definition) is 2. The third-order valence-electron chi connectivity index (χ3n) is 2.49. The molecule has 4 nitrogen and oxygen atoms in total. The number of carbonyl (C=O) groups excluding carboxylic acids is 1. The summed E-state index contributed by atoms with van der Waals surface area (Å²) in [5.74, 6) is 2.45. The molecule has 0 aliphatic heterocycles. The molecule has 0 radical (unpaired) electrons. The van der Waals surface area contributed by atoms with Crippen LogP contribution in [0.3, 0.4) is 0 Å². The number of aromatic nitrogens is 2. The number of nitrogens with one attached hydrogen (secondary N) is 2. The summed E-state index contributed by atoms with van der Waals surface area (Å²) in [5.41, 5.74) is 1.49. The summed E-state index contributed by atoms with van der Waals surface area (Å²) in [6, 6.07) is 5.45. The summed E-state index contributed by atoms with van der Waals surface area (Å²) in [6.45, 7) is 0.601. The Kier molecular flexibility index (Phi) is 3.41. The number of benzene rings is 1. The number of aromatic amines is 1. The highest BCUT2D eigenvalue weighted by molar-refractivity contribution is 5.97. The van der Waals surface area contributed by atoms with Crippen molar-refractivity contribution in [2.24, 2.45) is 0 Å². The molecular formula is C13H13N3O. The zero-order chi connectivity index (χ0) is 12.1. The van der Waals surface area contributed by atoms with Gasteiger partial charge in [-0.3, -0.25) is 9.89 Å². The molecule has 1 amide bonds. The summed E-state index contributed by atoms with van der Waals surface area (Å²) < 4.78 is 0. The second kappa shape index (κ2) is 5.17. The van der Waals surface area contributed by atoms with Crippen LogP contribution < -0.4 is 5.32 Å². The van der Waals surface area contributed by atoms with Crippen LogP contribution in [0.5, 0.6) is 0 Å². The van der Waals surface area contributed by atoms with Gasteiger partial charge in [-0.15, -0.1) is 12.3 Å². The molecule has 0 saturated heterocycles. The SMILES string of the molecule is C#CCCCNC(=O)c1ccc2cn[nH]c2c1. The Morgan fingerprint density at radius 1 is 1.53 bits per heavy atom. The number of hydrogen-bond donors (Lipinski definition) is 2. The van der Waals surface area contributed by atoms with Gasteiger partial charge < -0.3 is 5.32 Å². The van der Waals surface area contributed by atoms with Crippen molar-refractivity contribution in [1.82, 2.24) is 15.5 Å². The van der Waals surface area contributed by atoms with E-state index in [1.807, 2.05) is 6.07 Å². The summed E-state index contributed by atoms with van der Waals surface area (Å²) >= 11 is 0. The van der Waals surface area contributed by atoms with Crippen molar-refractivity contribution < 1.29 is 4.79 Å². The summed E-state index contributed by atoms with van der Waals surface area (Å²) in [4.78, 5) is 11.8. The van der Waals surface area contributed by atoms with Gasteiger partial charge in [0.2, 0.25) is 0 Å². The molecule has 1 heterocycles. The maximum Gasteiger partial charge on any atom is 0.251 e. The molecule has 0 spiro atoms. The Labute approximate surface area is 99.4 Å². The predicted octanol–water partition coefficient (Wildman–Crippen LogP) is 1.71. The van der Waals surface area contributed by atoms with Crippen LogP contribution in [0, 0.1) is 12.3 Å². The van der Waals surface area contributed by atoms with Gasteiger partial charge in [-0.25, -0.2) is 0 Å². The van der Waals surface area contributed by atoms with Gasteiger partial charge in [0.15, 0.2) is 0 Å². The lowest BCUT2D eigenvalue weighted by molar-refractivity contribution is 0.0953. The summed E-state index contributed by atoms with van der Waals surface area (Å²) in [5, 5.41) is 10.6. The number of nitrogens with zero attached hydrogens (tertiary/aromatic N) is 1. The number of amides is 1. The zero-order valence-electron chi connectivity index (χ0n) is 9.36. The number of carbonyl (C=O) groups is 1. The van der Waals surface area contributed by atoms with E-state index in [4.69, 9.17) is 6.42 Å². The van der Waals surface area contributed by atoms with Crippen LogP contribution in [0.1, 0.15) is 23.2 Å². The smallest absolute Gasteiger partial charge is 0.251 e. The molecule has 86 valence electrons. The fraction of sp³-hybridized carbons (Fsp3) is 0.231. The van der Waals surface area contributed by atoms with E-state index in [0.29, 0.717) is 18.5 Å². The molecule has 0 atom stereocenters. The summed E-state index contributed by atoms with van der Waals surface area (Å²) in [7, 11) is 0. The molecule has 0 aliphatic rings. The minimum Gasteiger partial charge on any atom is -0.352 e. The highest BCUT2D eigenvalue weighted by Crippen LogP contribution is 2.12. The van der Waals surface area contributed by atoms with E-state index in [0.717, 1.165) is 17.3 Å². The van der Waals surface area contributed by atoms with Crippen LogP contribution >= 0.6 is 0 Å². The van der Waals surface area contributed by atoms with Gasteiger partial charge in [-0.05, 0) is 18.6 Å². The highest BCUT2D eigenvalue weighted by Gasteiger charge is 2.05. The monoisotopic (exact) mass is 227 g/mol. The summed E-state index contributed by atoms with van der Waals surface area (Å²) in [6.07, 6.45) is 8.34. The Balaban J connectivity index is 2.01. The molecule has 0 aliphatic carbocycles. The van der Waals surface area contributed by atoms with Gasteiger partial charge in [-0.1, -0.05) is 6.07 Å². The standard InChI is InChI=1S/C13H13N3O/c1-2-3-4-7-14-13(17)10-5-6-11-9-15-16-12(11)8-10/h1,5-6,8-9H,3-4,7H2,(H,14,17)(H,15,16). The van der Waals surface area contributed by atoms with Gasteiger partial charge >= 0.3 is 0 Å². The van der Waals surface area contributed by atoms with Crippen LogP contribution in [0.25, 0.3) is 10.9 Å². The fourth-order valence-electron chi connectivity index (χ4n) is 1.57. The molecule has 0 unspecified atom stereocenters. The first-order valence-corrected chi connectivity index (χ1v) is 5.46. The van der Waals surface area contributed by atoms with Crippen LogP contribution in [-0.2, 0) is 0 Å². The number of fused-ring (bicyclic) bond motifs is 1. The average molecular weight is 227 g/mol. The second-order valence-corrected chi connectivity index (χ2v) is 3.74. The number of rotatable bonds is 4. The second-order valence-electron chi connectivity index (χ2n) is 3.74. The van der Waals surface area contributed by atoms with E-state index in [9.17, 15) is 4.79 Å². The van der Waals surface area contributed by atoms with E-state index in [1.54, 1.807) is 18.3 Å². The van der Waals surface area contributed by atoms with Crippen LogP contribution in [-0.4, -0.2) is 22.6 Å². The Hall–Kier alpha value is -2.28. The van der Waals surface area contributed by atoms with E-state index in [-0.39, 0.29) is 5.91 Å². The van der Waals surface area contributed by atoms with Crippen molar-refractivity contribution in [3.05, 3.63) is 30.0 Å². The molecule has 2 aromatic rings. The van der Waals surface area contributed by atoms with Crippen LogP contribution in [0.15, 0.2) is 24.4 Å². The van der Waals surface area contributed by atoms with Crippen LogP contribution in [0.2, 0.25) is 0 Å². The first kappa shape index (κ1) is 11.2. The third kappa shape index (κ3) is 2.64. The molecule has 0 fully saturated rings. The van der Waals surface area contributed by atoms with E-state index in [2.05, 4.69) is 21.4 Å². The first-order valence-electron chi connectivity index (χ1n) is 5.46. The fourth-order valence-corrected chi connectivity index (χ4v) is 1.57. The Bertz CT molecular complexity index is 565. The largest absolute Gasteiger partial charge is 0.352 e. The molecule has 2 N–H and O–H groups in total. The van der Waals surface area contributed by atoms with Crippen molar-refractivity contribution in [2.75, 3.05) is 6.54 Å².